The van der Waals surface area contributed by atoms with E-state index < -0.39 is 23.7 Å². The van der Waals surface area contributed by atoms with Gasteiger partial charge in [-0.05, 0) is 80.0 Å². The summed E-state index contributed by atoms with van der Waals surface area (Å²) in [4.78, 5) is 0. The average Bonchev–Trinajstić information content (AvgIpc) is 3.10. The molecule has 8 N–H and O–H groups in total. The molecule has 9 heteroatoms. The topological polar surface area (TPSA) is 171 Å². The third-order valence-electron chi connectivity index (χ3n) is 11.4. The average molecular weight is 785 g/mol. The summed E-state index contributed by atoms with van der Waals surface area (Å²) in [5, 5.41) is 94.4. The zero-order chi connectivity index (χ0) is 42.0. The monoisotopic (exact) mass is 784 g/mol. The summed E-state index contributed by atoms with van der Waals surface area (Å²) >= 11 is 0. The minimum absolute atomic E-state index is 0.0666. The van der Waals surface area contributed by atoms with Gasteiger partial charge in [0.15, 0.2) is 0 Å². The molecule has 8 bridgehead atoms. The SMILES string of the molecule is CCCOCc1c(O)c2cc(c1O)[C@@H](CC(C)C)c1cc(c(O)cc1O)[C@@H](CC(C)C)c1cc(c(O)cc1O)[C@@H](CC(C)C)c1cc(c(O)cc1O)[C@H]2CC(C)C. The van der Waals surface area contributed by atoms with Crippen LogP contribution in [0.2, 0.25) is 0 Å². The molecule has 5 rings (SSSR count). The second-order valence-electron chi connectivity index (χ2n) is 17.9. The molecule has 0 aliphatic heterocycles. The summed E-state index contributed by atoms with van der Waals surface area (Å²) < 4.78 is 5.96. The van der Waals surface area contributed by atoms with Crippen LogP contribution in [-0.4, -0.2) is 47.5 Å². The van der Waals surface area contributed by atoms with Crippen LogP contribution in [0, 0.1) is 23.7 Å². The minimum atomic E-state index is -0.635. The fourth-order valence-electron chi connectivity index (χ4n) is 8.83. The standard InChI is InChI=1S/C48H64O9/c1-10-11-57-23-40-47(55)38-19-39(48(40)56)31(15-27(8)9)37-18-35(44(52)22-46(37)54)29(13-25(4)5)33-16-32(41(49)20-42(33)50)28(12-24(2)3)34-17-36(30(38)14-26(6)7)45(53)21-43(34)51/h16-22,24-31,49-56H,10-15,23H2,1-9H3/t28-,29+,30-,31+. The molecule has 0 aromatic heterocycles. The van der Waals surface area contributed by atoms with E-state index in [9.17, 15) is 40.9 Å². The van der Waals surface area contributed by atoms with E-state index in [2.05, 4.69) is 0 Å². The van der Waals surface area contributed by atoms with Gasteiger partial charge in [-0.25, -0.2) is 0 Å². The fourth-order valence-corrected chi connectivity index (χ4v) is 8.83. The van der Waals surface area contributed by atoms with E-state index in [1.807, 2.05) is 62.3 Å². The molecule has 4 aromatic rings. The first kappa shape index (κ1) is 43.4. The van der Waals surface area contributed by atoms with Crippen molar-refractivity contribution in [1.29, 1.82) is 0 Å². The molecule has 1 aliphatic rings. The smallest absolute Gasteiger partial charge is 0.128 e. The van der Waals surface area contributed by atoms with E-state index >= 15 is 0 Å². The molecule has 0 fully saturated rings. The summed E-state index contributed by atoms with van der Waals surface area (Å²) in [7, 11) is 0. The molecule has 0 unspecified atom stereocenters. The number of phenols is 8. The number of hydrogen-bond donors (Lipinski definition) is 8. The van der Waals surface area contributed by atoms with Gasteiger partial charge < -0.3 is 45.6 Å². The highest BCUT2D eigenvalue weighted by atomic mass is 16.5. The van der Waals surface area contributed by atoms with E-state index in [1.165, 1.54) is 18.2 Å². The third kappa shape index (κ3) is 9.19. The van der Waals surface area contributed by atoms with E-state index in [-0.39, 0.29) is 81.8 Å². The predicted molar refractivity (Wildman–Crippen MR) is 224 cm³/mol. The van der Waals surface area contributed by atoms with Crippen molar-refractivity contribution in [3.63, 3.8) is 0 Å². The lowest BCUT2D eigenvalue weighted by molar-refractivity contribution is 0.117. The number of ether oxygens (including phenoxy) is 1. The van der Waals surface area contributed by atoms with Crippen LogP contribution in [0.25, 0.3) is 0 Å². The van der Waals surface area contributed by atoms with Gasteiger partial charge >= 0.3 is 0 Å². The molecule has 0 heterocycles. The highest BCUT2D eigenvalue weighted by Crippen LogP contribution is 2.54. The van der Waals surface area contributed by atoms with Crippen LogP contribution in [0.3, 0.4) is 0 Å². The highest BCUT2D eigenvalue weighted by molar-refractivity contribution is 5.64. The minimum Gasteiger partial charge on any atom is -0.508 e. The Bertz CT molecular complexity index is 1910. The first-order valence-electron chi connectivity index (χ1n) is 20.7. The maximum Gasteiger partial charge on any atom is 0.128 e. The van der Waals surface area contributed by atoms with E-state index in [0.717, 1.165) is 6.42 Å². The van der Waals surface area contributed by atoms with Crippen molar-refractivity contribution in [3.8, 4) is 46.0 Å². The molecule has 0 radical (unpaired) electrons. The fraction of sp³-hybridized carbons (Fsp3) is 0.500. The van der Waals surface area contributed by atoms with E-state index in [1.54, 1.807) is 24.3 Å². The van der Waals surface area contributed by atoms with Gasteiger partial charge in [0.1, 0.15) is 46.0 Å². The maximum absolute atomic E-state index is 12.2. The van der Waals surface area contributed by atoms with Crippen molar-refractivity contribution >= 4 is 0 Å². The van der Waals surface area contributed by atoms with Crippen LogP contribution in [0.5, 0.6) is 46.0 Å². The Hall–Kier alpha value is -4.76. The van der Waals surface area contributed by atoms with Crippen LogP contribution in [-0.2, 0) is 11.3 Å². The second kappa shape index (κ2) is 17.8. The molecule has 0 amide bonds. The van der Waals surface area contributed by atoms with Crippen molar-refractivity contribution in [2.24, 2.45) is 23.7 Å². The lowest BCUT2D eigenvalue weighted by Crippen LogP contribution is -2.14. The number of fused-ring (bicyclic) bond motifs is 8. The van der Waals surface area contributed by atoms with Gasteiger partial charge in [-0.15, -0.1) is 0 Å². The molecule has 1 aliphatic carbocycles. The van der Waals surface area contributed by atoms with Gasteiger partial charge in [-0.1, -0.05) is 62.3 Å². The predicted octanol–water partition coefficient (Wildman–Crippen LogP) is 11.3. The maximum atomic E-state index is 12.2. The summed E-state index contributed by atoms with van der Waals surface area (Å²) in [6, 6.07) is 11.0. The Morgan fingerprint density at radius 1 is 0.404 bits per heavy atom. The van der Waals surface area contributed by atoms with Crippen LogP contribution in [0.15, 0.2) is 42.5 Å². The van der Waals surface area contributed by atoms with Gasteiger partial charge in [0, 0.05) is 93.0 Å². The van der Waals surface area contributed by atoms with Crippen molar-refractivity contribution < 1.29 is 45.6 Å². The molecule has 0 saturated heterocycles. The van der Waals surface area contributed by atoms with Crippen molar-refractivity contribution in [2.45, 2.75) is 125 Å². The van der Waals surface area contributed by atoms with Crippen LogP contribution in [0.4, 0.5) is 0 Å². The Labute approximate surface area is 338 Å². The third-order valence-corrected chi connectivity index (χ3v) is 11.4. The quantitative estimate of drug-likeness (QED) is 0.0651. The van der Waals surface area contributed by atoms with Crippen molar-refractivity contribution in [1.82, 2.24) is 0 Å². The normalized spacial score (nSPS) is 18.3. The first-order chi connectivity index (χ1) is 26.8. The molecule has 310 valence electrons. The molecule has 9 nitrogen and oxygen atoms in total. The van der Waals surface area contributed by atoms with Gasteiger partial charge in [0.2, 0.25) is 0 Å². The Morgan fingerprint density at radius 2 is 0.649 bits per heavy atom. The zero-order valence-corrected chi connectivity index (χ0v) is 35.1. The molecule has 0 saturated carbocycles. The molecule has 4 aromatic carbocycles. The van der Waals surface area contributed by atoms with E-state index in [4.69, 9.17) is 4.74 Å². The lowest BCUT2D eigenvalue weighted by atomic mass is 9.74. The Balaban J connectivity index is 2.03. The largest absolute Gasteiger partial charge is 0.508 e. The molecule has 57 heavy (non-hydrogen) atoms. The Morgan fingerprint density at radius 3 is 0.895 bits per heavy atom. The van der Waals surface area contributed by atoms with Gasteiger partial charge in [-0.2, -0.15) is 0 Å². The molecular formula is C48H64O9. The van der Waals surface area contributed by atoms with E-state index in [0.29, 0.717) is 76.8 Å². The van der Waals surface area contributed by atoms with Gasteiger partial charge in [-0.3, -0.25) is 0 Å². The summed E-state index contributed by atoms with van der Waals surface area (Å²) in [5.41, 5.74) is 3.85. The second-order valence-corrected chi connectivity index (χ2v) is 17.9. The summed E-state index contributed by atoms with van der Waals surface area (Å²) in [6.45, 7) is 18.6. The summed E-state index contributed by atoms with van der Waals surface area (Å²) in [5.74, 6) is -3.49. The molecular weight excluding hydrogens is 721 g/mol. The number of hydrogen-bond acceptors (Lipinski definition) is 9. The number of benzene rings is 4. The lowest BCUT2D eigenvalue weighted by Gasteiger charge is -2.31. The summed E-state index contributed by atoms with van der Waals surface area (Å²) in [6.07, 6.45) is 2.62. The first-order valence-corrected chi connectivity index (χ1v) is 20.7. The Kier molecular flexibility index (Phi) is 13.5. The van der Waals surface area contributed by atoms with Crippen molar-refractivity contribution in [3.05, 3.63) is 92.5 Å². The van der Waals surface area contributed by atoms with Gasteiger partial charge in [0.05, 0.1) is 12.2 Å². The zero-order valence-electron chi connectivity index (χ0n) is 35.1. The molecule has 4 atom stereocenters. The van der Waals surface area contributed by atoms with Crippen LogP contribution >= 0.6 is 0 Å². The molecule has 0 spiro atoms. The number of aromatic hydroxyl groups is 8. The number of rotatable bonds is 12. The van der Waals surface area contributed by atoms with Crippen LogP contribution in [0.1, 0.15) is 168 Å². The van der Waals surface area contributed by atoms with Crippen molar-refractivity contribution in [2.75, 3.05) is 6.61 Å². The van der Waals surface area contributed by atoms with Crippen LogP contribution < -0.4 is 0 Å². The number of phenolic OH excluding ortho intramolecular Hbond substituents is 8. The highest BCUT2D eigenvalue weighted by Gasteiger charge is 2.35. The van der Waals surface area contributed by atoms with Gasteiger partial charge in [0.25, 0.3) is 0 Å².